The van der Waals surface area contributed by atoms with Gasteiger partial charge in [0.05, 0.1) is 30.6 Å². The number of allylic oxidation sites excluding steroid dienone is 2. The van der Waals surface area contributed by atoms with Crippen molar-refractivity contribution in [3.63, 3.8) is 0 Å². The largest absolute Gasteiger partial charge is 0.383 e. The van der Waals surface area contributed by atoms with Crippen molar-refractivity contribution < 1.29 is 14.4 Å². The summed E-state index contributed by atoms with van der Waals surface area (Å²) in [6.45, 7) is 11.0. The average molecular weight is 484 g/mol. The first-order valence-corrected chi connectivity index (χ1v) is 12.7. The molecule has 2 N–H and O–H groups in total. The lowest BCUT2D eigenvalue weighted by Crippen LogP contribution is -2.41. The van der Waals surface area contributed by atoms with Crippen molar-refractivity contribution in [2.75, 3.05) is 38.7 Å². The van der Waals surface area contributed by atoms with Crippen LogP contribution in [-0.4, -0.2) is 60.3 Å². The van der Waals surface area contributed by atoms with Gasteiger partial charge in [0.1, 0.15) is 5.82 Å². The van der Waals surface area contributed by atoms with E-state index in [-0.39, 0.29) is 12.1 Å². The fraction of sp³-hybridized carbons (Fsp3) is 0.556. The first-order valence-electron chi connectivity index (χ1n) is 12.7. The lowest BCUT2D eigenvalue weighted by Gasteiger charge is -2.15. The number of urea groups is 1. The van der Waals surface area contributed by atoms with E-state index < -0.39 is 0 Å². The third-order valence-corrected chi connectivity index (χ3v) is 6.48. The molecule has 1 fully saturated rings. The van der Waals surface area contributed by atoms with E-state index in [1.165, 1.54) is 5.57 Å². The molecule has 1 aliphatic rings. The molecule has 1 saturated heterocycles. The maximum absolute atomic E-state index is 13.0. The number of ether oxygens (including phenoxy) is 1. The summed E-state index contributed by atoms with van der Waals surface area (Å²) in [6.07, 6.45) is 6.46. The molecule has 0 aliphatic carbocycles. The van der Waals surface area contributed by atoms with Gasteiger partial charge in [0.2, 0.25) is 0 Å². The van der Waals surface area contributed by atoms with Crippen molar-refractivity contribution >= 4 is 17.4 Å². The maximum atomic E-state index is 13.0. The number of carbonyl (C=O) groups is 1. The number of nitrogens with one attached hydrogen (secondary N) is 2. The van der Waals surface area contributed by atoms with Gasteiger partial charge < -0.3 is 10.1 Å². The minimum absolute atomic E-state index is 0.0918. The molecule has 2 aromatic rings. The molecule has 8 nitrogen and oxygen atoms in total. The summed E-state index contributed by atoms with van der Waals surface area (Å²) in [4.78, 5) is 18.6. The summed E-state index contributed by atoms with van der Waals surface area (Å²) < 4.78 is 6.95. The van der Waals surface area contributed by atoms with Crippen molar-refractivity contribution in [3.05, 3.63) is 47.7 Å². The first-order chi connectivity index (χ1) is 17.0. The zero-order valence-corrected chi connectivity index (χ0v) is 21.8. The highest BCUT2D eigenvalue weighted by atomic mass is 16.7. The standard InChI is InChI=1S/C27H41N5O3/c1-6-11-22(15-14-20(3)7-2)25-21(4)26(32(30-25)24-12-9-8-10-13-24)29-27(33)28-23-18-31(35-19-23)16-17-34-5/h8-13,20,23H,6-7,14-19H2,1-5H3,(H2,28,29,33)/b22-11+/t20?,23-/m1/s1. The van der Waals surface area contributed by atoms with E-state index in [1.54, 1.807) is 7.11 Å². The summed E-state index contributed by atoms with van der Waals surface area (Å²) >= 11 is 0. The number of carbonyl (C=O) groups excluding carboxylic acids is 1. The molecule has 192 valence electrons. The van der Waals surface area contributed by atoms with Crippen LogP contribution in [0, 0.1) is 12.8 Å². The fourth-order valence-electron chi connectivity index (χ4n) is 4.19. The molecule has 1 unspecified atom stereocenters. The molecule has 1 aromatic heterocycles. The highest BCUT2D eigenvalue weighted by Gasteiger charge is 2.26. The summed E-state index contributed by atoms with van der Waals surface area (Å²) in [7, 11) is 1.66. The summed E-state index contributed by atoms with van der Waals surface area (Å²) in [5.41, 5.74) is 4.06. The van der Waals surface area contributed by atoms with Crippen LogP contribution in [0.25, 0.3) is 11.3 Å². The minimum Gasteiger partial charge on any atom is -0.383 e. The molecule has 35 heavy (non-hydrogen) atoms. The third-order valence-electron chi connectivity index (χ3n) is 6.48. The predicted molar refractivity (Wildman–Crippen MR) is 141 cm³/mol. The van der Waals surface area contributed by atoms with Gasteiger partial charge in [0.25, 0.3) is 0 Å². The van der Waals surface area contributed by atoms with Crippen LogP contribution in [0.1, 0.15) is 57.7 Å². The number of benzene rings is 1. The number of amides is 2. The number of aromatic nitrogens is 2. The van der Waals surface area contributed by atoms with Crippen LogP contribution in [-0.2, 0) is 9.57 Å². The number of hydrogen-bond donors (Lipinski definition) is 2. The van der Waals surface area contributed by atoms with Gasteiger partial charge in [-0.3, -0.25) is 10.2 Å². The SMILES string of the molecule is CC/C=C(\CCC(C)CC)c1nn(-c2ccccc2)c(NC(=O)N[C@H]2CON(CCOC)C2)c1C. The lowest BCUT2D eigenvalue weighted by molar-refractivity contribution is -0.118. The Balaban J connectivity index is 1.82. The third kappa shape index (κ3) is 7.40. The molecule has 2 atom stereocenters. The van der Waals surface area contributed by atoms with Gasteiger partial charge in [-0.1, -0.05) is 51.5 Å². The van der Waals surface area contributed by atoms with E-state index in [4.69, 9.17) is 14.7 Å². The molecular weight excluding hydrogens is 442 g/mol. The number of anilines is 1. The van der Waals surface area contributed by atoms with Gasteiger partial charge in [0, 0.05) is 25.8 Å². The van der Waals surface area contributed by atoms with Crippen molar-refractivity contribution in [2.24, 2.45) is 5.92 Å². The van der Waals surface area contributed by atoms with E-state index in [9.17, 15) is 4.79 Å². The highest BCUT2D eigenvalue weighted by molar-refractivity contribution is 5.90. The van der Waals surface area contributed by atoms with Crippen LogP contribution in [0.4, 0.5) is 10.6 Å². The molecule has 8 heteroatoms. The highest BCUT2D eigenvalue weighted by Crippen LogP contribution is 2.31. The number of methoxy groups -OCH3 is 1. The van der Waals surface area contributed by atoms with Gasteiger partial charge in [0.15, 0.2) is 0 Å². The quantitative estimate of drug-likeness (QED) is 0.435. The van der Waals surface area contributed by atoms with Gasteiger partial charge in [-0.15, -0.1) is 0 Å². The number of nitrogens with zero attached hydrogens (tertiary/aromatic N) is 3. The number of rotatable bonds is 12. The van der Waals surface area contributed by atoms with Gasteiger partial charge in [-0.25, -0.2) is 9.48 Å². The molecule has 1 aromatic carbocycles. The van der Waals surface area contributed by atoms with Gasteiger partial charge >= 0.3 is 6.03 Å². The van der Waals surface area contributed by atoms with Gasteiger partial charge in [-0.05, 0) is 49.8 Å². The van der Waals surface area contributed by atoms with Crippen molar-refractivity contribution in [1.82, 2.24) is 20.2 Å². The fourth-order valence-corrected chi connectivity index (χ4v) is 4.19. The van der Waals surface area contributed by atoms with Crippen LogP contribution >= 0.6 is 0 Å². The van der Waals surface area contributed by atoms with E-state index in [2.05, 4.69) is 37.5 Å². The van der Waals surface area contributed by atoms with Crippen molar-refractivity contribution in [1.29, 1.82) is 0 Å². The molecule has 0 spiro atoms. The Morgan fingerprint density at radius 2 is 2.09 bits per heavy atom. The minimum atomic E-state index is -0.264. The Kier molecular flexibility index (Phi) is 10.3. The topological polar surface area (TPSA) is 80.7 Å². The summed E-state index contributed by atoms with van der Waals surface area (Å²) in [6, 6.07) is 9.58. The number of hydrogen-bond acceptors (Lipinski definition) is 5. The lowest BCUT2D eigenvalue weighted by atomic mass is 9.95. The second-order valence-corrected chi connectivity index (χ2v) is 9.23. The summed E-state index contributed by atoms with van der Waals surface area (Å²) in [5, 5.41) is 12.9. The molecule has 1 aliphatic heterocycles. The zero-order chi connectivity index (χ0) is 25.2. The molecular formula is C27H41N5O3. The Bertz CT molecular complexity index is 973. The monoisotopic (exact) mass is 483 g/mol. The zero-order valence-electron chi connectivity index (χ0n) is 21.8. The van der Waals surface area contributed by atoms with E-state index >= 15 is 0 Å². The van der Waals surface area contributed by atoms with Crippen molar-refractivity contribution in [3.8, 4) is 5.69 Å². The predicted octanol–water partition coefficient (Wildman–Crippen LogP) is 5.18. The average Bonchev–Trinajstić information content (AvgIpc) is 3.44. The van der Waals surface area contributed by atoms with E-state index in [0.29, 0.717) is 38.0 Å². The van der Waals surface area contributed by atoms with Crippen LogP contribution in [0.3, 0.4) is 0 Å². The van der Waals surface area contributed by atoms with Crippen molar-refractivity contribution in [2.45, 2.75) is 59.4 Å². The second-order valence-electron chi connectivity index (χ2n) is 9.23. The maximum Gasteiger partial charge on any atom is 0.320 e. The Morgan fingerprint density at radius 3 is 2.77 bits per heavy atom. The molecule has 3 rings (SSSR count). The number of para-hydroxylation sites is 1. The van der Waals surface area contributed by atoms with Gasteiger partial charge in [-0.2, -0.15) is 10.2 Å². The van der Waals surface area contributed by atoms with E-state index in [0.717, 1.165) is 42.6 Å². The molecule has 0 bridgehead atoms. The smallest absolute Gasteiger partial charge is 0.320 e. The van der Waals surface area contributed by atoms with Crippen LogP contribution < -0.4 is 10.6 Å². The Hall–Kier alpha value is -2.68. The second kappa shape index (κ2) is 13.4. The number of hydroxylamine groups is 2. The van der Waals surface area contributed by atoms with E-state index in [1.807, 2.05) is 47.0 Å². The first kappa shape index (κ1) is 26.9. The molecule has 2 heterocycles. The van der Waals surface area contributed by atoms with Crippen LogP contribution in [0.15, 0.2) is 36.4 Å². The van der Waals surface area contributed by atoms with Crippen LogP contribution in [0.2, 0.25) is 0 Å². The molecule has 0 saturated carbocycles. The summed E-state index contributed by atoms with van der Waals surface area (Å²) in [5.74, 6) is 1.34. The molecule has 2 amide bonds. The normalized spacial score (nSPS) is 17.5. The van der Waals surface area contributed by atoms with Crippen LogP contribution in [0.5, 0.6) is 0 Å². The Morgan fingerprint density at radius 1 is 1.31 bits per heavy atom. The Labute approximate surface area is 209 Å². The molecule has 0 radical (unpaired) electrons.